The third kappa shape index (κ3) is 33.6. The molecule has 0 aliphatic rings. The van der Waals surface area contributed by atoms with Crippen molar-refractivity contribution >= 4 is 122 Å². The van der Waals surface area contributed by atoms with Crippen LogP contribution in [0.1, 0.15) is 0 Å². The van der Waals surface area contributed by atoms with Crippen LogP contribution in [0, 0.1) is 0 Å². The summed E-state index contributed by atoms with van der Waals surface area (Å²) in [5, 5.41) is 15.7. The first-order valence-electron chi connectivity index (χ1n) is 11.3. The molecule has 0 aromatic heterocycles. The molecule has 0 saturated heterocycles. The maximum atomic E-state index is 11.9. The van der Waals surface area contributed by atoms with Crippen LogP contribution in [0.4, 0.5) is 4.79 Å². The Bertz CT molecular complexity index is 596. The lowest BCUT2D eigenvalue weighted by molar-refractivity contribution is -0.210. The van der Waals surface area contributed by atoms with Crippen molar-refractivity contribution in [2.24, 2.45) is 9.98 Å². The van der Waals surface area contributed by atoms with Gasteiger partial charge >= 0.3 is 0 Å². The molecule has 0 saturated carbocycles. The lowest BCUT2D eigenvalue weighted by Gasteiger charge is -2.05. The monoisotopic (exact) mass is 689 g/mol. The molecule has 0 heterocycles. The number of nitrogens with zero attached hydrogens (tertiary/aromatic N) is 2. The molecular weight excluding hydrogens is 651 g/mol. The van der Waals surface area contributed by atoms with E-state index in [0.717, 1.165) is 54.9 Å². The second-order valence-electron chi connectivity index (χ2n) is 6.29. The molecule has 0 fully saturated rings. The van der Waals surface area contributed by atoms with Crippen LogP contribution in [0.15, 0.2) is 9.98 Å². The van der Waals surface area contributed by atoms with E-state index in [1.54, 1.807) is 30.6 Å². The molecule has 0 radical (unpaired) electrons. The molecule has 0 aliphatic carbocycles. The summed E-state index contributed by atoms with van der Waals surface area (Å²) in [6.07, 6.45) is 1.34. The fourth-order valence-electron chi connectivity index (χ4n) is 1.86. The van der Waals surface area contributed by atoms with Gasteiger partial charge in [0.1, 0.15) is 6.61 Å². The first-order valence-corrected chi connectivity index (χ1v) is 21.8. The Balaban J connectivity index is 3.23. The lowest BCUT2D eigenvalue weighted by atomic mass is 10.8. The zero-order valence-electron chi connectivity index (χ0n) is 21.1. The van der Waals surface area contributed by atoms with E-state index < -0.39 is 10.8 Å². The van der Waals surface area contributed by atoms with Gasteiger partial charge in [-0.2, -0.15) is 40.2 Å². The number of thioether (sulfide) groups is 8. The van der Waals surface area contributed by atoms with Crippen molar-refractivity contribution in [1.29, 1.82) is 0 Å². The van der Waals surface area contributed by atoms with Crippen molar-refractivity contribution in [2.45, 2.75) is 0 Å². The van der Waals surface area contributed by atoms with Gasteiger partial charge in [-0.15, -0.1) is 47.0 Å². The highest BCUT2D eigenvalue weighted by molar-refractivity contribution is 8.23. The quantitative estimate of drug-likeness (QED) is 0.0294. The first kappa shape index (κ1) is 38.5. The maximum absolute atomic E-state index is 11.9. The van der Waals surface area contributed by atoms with Gasteiger partial charge in [-0.3, -0.25) is 19.0 Å². The smallest absolute Gasteiger partial charge is 0.279 e. The highest BCUT2D eigenvalue weighted by Crippen LogP contribution is 2.19. The molecule has 1 unspecified atom stereocenters. The highest BCUT2D eigenvalue weighted by atomic mass is 32.2. The van der Waals surface area contributed by atoms with Gasteiger partial charge in [0, 0.05) is 80.0 Å². The van der Waals surface area contributed by atoms with Crippen LogP contribution in [0.3, 0.4) is 0 Å². The molecule has 0 bridgehead atoms. The van der Waals surface area contributed by atoms with Crippen LogP contribution in [-0.2, 0) is 20.6 Å². The largest absolute Gasteiger partial charge is 0.396 e. The molecule has 218 valence electrons. The van der Waals surface area contributed by atoms with Gasteiger partial charge < -0.3 is 15.3 Å². The van der Waals surface area contributed by atoms with E-state index in [-0.39, 0.29) is 11.8 Å². The van der Waals surface area contributed by atoms with Crippen molar-refractivity contribution in [1.82, 2.24) is 5.32 Å². The van der Waals surface area contributed by atoms with Crippen molar-refractivity contribution in [3.05, 3.63) is 0 Å². The van der Waals surface area contributed by atoms with E-state index in [9.17, 15) is 9.00 Å². The first-order chi connectivity index (χ1) is 18.2. The van der Waals surface area contributed by atoms with Crippen LogP contribution in [-0.4, -0.2) is 126 Å². The molecule has 37 heavy (non-hydrogen) atoms. The number of carbonyl (C=O) groups is 1. The van der Waals surface area contributed by atoms with Crippen LogP contribution >= 0.6 is 94.1 Å². The number of nitrogens with one attached hydrogen (secondary N) is 1. The molecule has 0 aromatic rings. The van der Waals surface area contributed by atoms with Gasteiger partial charge in [0.25, 0.3) is 5.24 Å². The summed E-state index contributed by atoms with van der Waals surface area (Å²) < 4.78 is 11.4. The molecule has 1 amide bonds. The number of amides is 1. The number of rotatable bonds is 28. The second-order valence-corrected chi connectivity index (χ2v) is 17.8. The average molecular weight is 690 g/mol. The molecule has 0 spiro atoms. The van der Waals surface area contributed by atoms with Gasteiger partial charge in [0.15, 0.2) is 0 Å². The molecule has 2 N–H and O–H groups in total. The lowest BCUT2D eigenvalue weighted by Crippen LogP contribution is -2.22. The van der Waals surface area contributed by atoms with E-state index in [1.807, 2.05) is 58.8 Å². The summed E-state index contributed by atoms with van der Waals surface area (Å²) in [6, 6.07) is 0. The SMILES string of the molecule is CN=CS(=O)CCSCSCSCCSC(=O)NCCSCSCSCCN=COOCCSCCO. The number of aliphatic hydroxyl groups excluding tert-OH is 1. The third-order valence-electron chi connectivity index (χ3n) is 3.39. The predicted octanol–water partition coefficient (Wildman–Crippen LogP) is 4.77. The van der Waals surface area contributed by atoms with Gasteiger partial charge in [-0.05, 0) is 0 Å². The van der Waals surface area contributed by atoms with Gasteiger partial charge in [0.2, 0.25) is 6.40 Å². The molecule has 0 rings (SSSR count). The normalized spacial score (nSPS) is 12.5. The number of carbonyl (C=O) groups excluding carboxylic acids is 1. The Morgan fingerprint density at radius 1 is 0.892 bits per heavy atom. The van der Waals surface area contributed by atoms with Crippen LogP contribution in [0.25, 0.3) is 0 Å². The molecule has 0 aromatic carbocycles. The Morgan fingerprint density at radius 2 is 1.59 bits per heavy atom. The van der Waals surface area contributed by atoms with Crippen molar-refractivity contribution in [3.63, 3.8) is 0 Å². The fraction of sp³-hybridized carbons (Fsp3) is 0.850. The van der Waals surface area contributed by atoms with Crippen LogP contribution in [0.2, 0.25) is 0 Å². The zero-order chi connectivity index (χ0) is 27.1. The summed E-state index contributed by atoms with van der Waals surface area (Å²) in [4.78, 5) is 29.6. The van der Waals surface area contributed by atoms with Crippen LogP contribution < -0.4 is 5.32 Å². The summed E-state index contributed by atoms with van der Waals surface area (Å²) in [7, 11) is 0.711. The minimum atomic E-state index is -0.931. The predicted molar refractivity (Wildman–Crippen MR) is 183 cm³/mol. The summed E-state index contributed by atoms with van der Waals surface area (Å²) in [6.45, 7) is 2.06. The minimum Gasteiger partial charge on any atom is -0.396 e. The summed E-state index contributed by atoms with van der Waals surface area (Å²) in [5.74, 6) is 6.70. The van der Waals surface area contributed by atoms with E-state index >= 15 is 0 Å². The average Bonchev–Trinajstić information content (AvgIpc) is 2.89. The third-order valence-corrected chi connectivity index (χ3v) is 14.0. The van der Waals surface area contributed by atoms with E-state index in [4.69, 9.17) is 14.9 Å². The van der Waals surface area contributed by atoms with E-state index in [0.29, 0.717) is 31.2 Å². The Hall–Kier alpha value is 1.48. The Kier molecular flexibility index (Phi) is 35.0. The molecule has 0 aliphatic heterocycles. The van der Waals surface area contributed by atoms with Crippen molar-refractivity contribution < 1.29 is 23.9 Å². The Labute approximate surface area is 258 Å². The summed E-state index contributed by atoms with van der Waals surface area (Å²) >= 11 is 14.1. The van der Waals surface area contributed by atoms with Crippen molar-refractivity contribution in [3.8, 4) is 0 Å². The zero-order valence-corrected chi connectivity index (χ0v) is 28.5. The van der Waals surface area contributed by atoms with Gasteiger partial charge in [-0.25, -0.2) is 0 Å². The molecule has 8 nitrogen and oxygen atoms in total. The number of aliphatic imine (C=N–C) groups is 2. The second kappa shape index (κ2) is 33.7. The number of aliphatic hydroxyl groups is 1. The van der Waals surface area contributed by atoms with Crippen molar-refractivity contribution in [2.75, 3.05) is 99.7 Å². The molecular formula is C20H39N3O5S9. The van der Waals surface area contributed by atoms with Crippen LogP contribution in [0.5, 0.6) is 0 Å². The topological polar surface area (TPSA) is 110 Å². The van der Waals surface area contributed by atoms with Gasteiger partial charge in [0.05, 0.1) is 29.5 Å². The number of hydrogen-bond donors (Lipinski definition) is 2. The standard InChI is InChI=1S/C20H39N3O5S9/c1-21-15-37(26)13-12-33-19-35-18-32-10-11-36-20(25)23-3-7-31-17-34-16-30-6-2-22-14-28-27-5-9-29-8-4-24/h14-15,24H,2-13,16-19H2,1H3,(H,23,25). The highest BCUT2D eigenvalue weighted by Gasteiger charge is 2.02. The van der Waals surface area contributed by atoms with E-state index in [2.05, 4.69) is 15.3 Å². The number of hydrogen-bond acceptors (Lipinski definition) is 15. The fourth-order valence-corrected chi connectivity index (χ4v) is 11.1. The summed E-state index contributed by atoms with van der Waals surface area (Å²) in [5.41, 5.74) is 1.50. The van der Waals surface area contributed by atoms with Gasteiger partial charge in [-0.1, -0.05) is 11.8 Å². The molecule has 17 heteroatoms. The van der Waals surface area contributed by atoms with E-state index in [1.165, 1.54) is 23.7 Å². The Morgan fingerprint density at radius 3 is 2.32 bits per heavy atom. The maximum Gasteiger partial charge on any atom is 0.279 e. The minimum absolute atomic E-state index is 0.0618. The molecule has 1 atom stereocenters.